The van der Waals surface area contributed by atoms with Gasteiger partial charge in [0.05, 0.1) is 5.92 Å². The van der Waals surface area contributed by atoms with E-state index >= 15 is 0 Å². The first-order chi connectivity index (χ1) is 9.06. The summed E-state index contributed by atoms with van der Waals surface area (Å²) >= 11 is 0. The van der Waals surface area contributed by atoms with Crippen molar-refractivity contribution < 1.29 is 14.7 Å². The van der Waals surface area contributed by atoms with Crippen LogP contribution in [-0.2, 0) is 11.2 Å². The van der Waals surface area contributed by atoms with Crippen molar-refractivity contribution in [1.29, 1.82) is 0 Å². The lowest BCUT2D eigenvalue weighted by Crippen LogP contribution is -2.28. The largest absolute Gasteiger partial charge is 0.481 e. The maximum absolute atomic E-state index is 12.0. The Bertz CT molecular complexity index is 446. The summed E-state index contributed by atoms with van der Waals surface area (Å²) in [6.07, 6.45) is 1.06. The molecule has 5 nitrogen and oxygen atoms in total. The minimum absolute atomic E-state index is 0.179. The lowest BCUT2D eigenvalue weighted by atomic mass is 10.0. The molecule has 5 heteroatoms. The molecule has 0 spiro atoms. The fourth-order valence-electron chi connectivity index (χ4n) is 1.74. The number of benzene rings is 1. The second-order valence-corrected chi connectivity index (χ2v) is 4.48. The van der Waals surface area contributed by atoms with Gasteiger partial charge in [-0.3, -0.25) is 9.59 Å². The summed E-state index contributed by atoms with van der Waals surface area (Å²) in [5, 5.41) is 11.5. The SMILES string of the molecule is CC(CCNC(=O)c1ccccc1CCN)C(=O)O. The maximum atomic E-state index is 12.0. The van der Waals surface area contributed by atoms with Gasteiger partial charge in [0.2, 0.25) is 0 Å². The van der Waals surface area contributed by atoms with E-state index < -0.39 is 11.9 Å². The van der Waals surface area contributed by atoms with Gasteiger partial charge in [-0.25, -0.2) is 0 Å². The molecule has 0 aliphatic rings. The van der Waals surface area contributed by atoms with E-state index in [1.165, 1.54) is 0 Å². The highest BCUT2D eigenvalue weighted by Gasteiger charge is 2.13. The lowest BCUT2D eigenvalue weighted by molar-refractivity contribution is -0.141. The predicted octanol–water partition coefficient (Wildman–Crippen LogP) is 1.03. The Morgan fingerprint density at radius 1 is 1.37 bits per heavy atom. The summed E-state index contributed by atoms with van der Waals surface area (Å²) in [4.78, 5) is 22.7. The van der Waals surface area contributed by atoms with Crippen molar-refractivity contribution in [3.63, 3.8) is 0 Å². The average molecular weight is 264 g/mol. The zero-order valence-corrected chi connectivity index (χ0v) is 11.1. The van der Waals surface area contributed by atoms with Crippen molar-refractivity contribution in [2.24, 2.45) is 11.7 Å². The van der Waals surface area contributed by atoms with Gasteiger partial charge in [0, 0.05) is 12.1 Å². The van der Waals surface area contributed by atoms with E-state index in [1.807, 2.05) is 12.1 Å². The normalized spacial score (nSPS) is 11.9. The first kappa shape index (κ1) is 15.2. The van der Waals surface area contributed by atoms with Crippen LogP contribution in [0.2, 0.25) is 0 Å². The highest BCUT2D eigenvalue weighted by atomic mass is 16.4. The molecule has 0 aliphatic carbocycles. The minimum Gasteiger partial charge on any atom is -0.481 e. The zero-order chi connectivity index (χ0) is 14.3. The van der Waals surface area contributed by atoms with Gasteiger partial charge in [-0.2, -0.15) is 0 Å². The van der Waals surface area contributed by atoms with Crippen molar-refractivity contribution in [2.75, 3.05) is 13.1 Å². The van der Waals surface area contributed by atoms with Crippen LogP contribution in [0.5, 0.6) is 0 Å². The molecule has 0 aromatic heterocycles. The molecule has 1 unspecified atom stereocenters. The number of carbonyl (C=O) groups excluding carboxylic acids is 1. The first-order valence-corrected chi connectivity index (χ1v) is 6.35. The molecule has 1 aromatic carbocycles. The van der Waals surface area contributed by atoms with E-state index in [0.29, 0.717) is 31.5 Å². The first-order valence-electron chi connectivity index (χ1n) is 6.35. The van der Waals surface area contributed by atoms with E-state index in [4.69, 9.17) is 10.8 Å². The van der Waals surface area contributed by atoms with Crippen LogP contribution < -0.4 is 11.1 Å². The molecular formula is C14H20N2O3. The lowest BCUT2D eigenvalue weighted by Gasteiger charge is -2.10. The number of aliphatic carboxylic acids is 1. The molecular weight excluding hydrogens is 244 g/mol. The third-order valence-electron chi connectivity index (χ3n) is 2.96. The Kier molecular flexibility index (Phi) is 6.02. The zero-order valence-electron chi connectivity index (χ0n) is 11.1. The second-order valence-electron chi connectivity index (χ2n) is 4.48. The number of hydrogen-bond acceptors (Lipinski definition) is 3. The van der Waals surface area contributed by atoms with E-state index in [0.717, 1.165) is 5.56 Å². The van der Waals surface area contributed by atoms with Gasteiger partial charge in [-0.05, 0) is 31.0 Å². The summed E-state index contributed by atoms with van der Waals surface area (Å²) in [5.41, 5.74) is 7.02. The van der Waals surface area contributed by atoms with E-state index in [9.17, 15) is 9.59 Å². The molecule has 0 aliphatic heterocycles. The minimum atomic E-state index is -0.849. The number of nitrogens with one attached hydrogen (secondary N) is 1. The van der Waals surface area contributed by atoms with E-state index in [2.05, 4.69) is 5.32 Å². The maximum Gasteiger partial charge on any atom is 0.306 e. The Morgan fingerprint density at radius 2 is 2.05 bits per heavy atom. The van der Waals surface area contributed by atoms with Crippen LogP contribution in [0.3, 0.4) is 0 Å². The Balaban J connectivity index is 2.56. The van der Waals surface area contributed by atoms with Crippen LogP contribution in [0, 0.1) is 5.92 Å². The van der Waals surface area contributed by atoms with Crippen LogP contribution in [0.25, 0.3) is 0 Å². The highest BCUT2D eigenvalue weighted by Crippen LogP contribution is 2.09. The smallest absolute Gasteiger partial charge is 0.306 e. The predicted molar refractivity (Wildman–Crippen MR) is 73.0 cm³/mol. The summed E-state index contributed by atoms with van der Waals surface area (Å²) in [5.74, 6) is -1.49. The topological polar surface area (TPSA) is 92.4 Å². The summed E-state index contributed by atoms with van der Waals surface area (Å²) < 4.78 is 0. The Hall–Kier alpha value is -1.88. The highest BCUT2D eigenvalue weighted by molar-refractivity contribution is 5.95. The third kappa shape index (κ3) is 4.71. The molecule has 4 N–H and O–H groups in total. The van der Waals surface area contributed by atoms with Gasteiger partial charge in [-0.15, -0.1) is 0 Å². The van der Waals surface area contributed by atoms with Crippen LogP contribution in [0.4, 0.5) is 0 Å². The van der Waals surface area contributed by atoms with Crippen LogP contribution >= 0.6 is 0 Å². The molecule has 0 heterocycles. The molecule has 1 atom stereocenters. The number of nitrogens with two attached hydrogens (primary N) is 1. The van der Waals surface area contributed by atoms with Crippen molar-refractivity contribution in [2.45, 2.75) is 19.8 Å². The summed E-state index contributed by atoms with van der Waals surface area (Å²) in [6.45, 7) is 2.46. The van der Waals surface area contributed by atoms with Crippen molar-refractivity contribution in [3.05, 3.63) is 35.4 Å². The number of amides is 1. The summed E-state index contributed by atoms with van der Waals surface area (Å²) in [6, 6.07) is 7.30. The molecule has 1 amide bonds. The van der Waals surface area contributed by atoms with Crippen molar-refractivity contribution >= 4 is 11.9 Å². The third-order valence-corrected chi connectivity index (χ3v) is 2.96. The van der Waals surface area contributed by atoms with E-state index in [-0.39, 0.29) is 5.91 Å². The van der Waals surface area contributed by atoms with Crippen molar-refractivity contribution in [3.8, 4) is 0 Å². The fourth-order valence-corrected chi connectivity index (χ4v) is 1.74. The van der Waals surface area contributed by atoms with Crippen molar-refractivity contribution in [1.82, 2.24) is 5.32 Å². The van der Waals surface area contributed by atoms with E-state index in [1.54, 1.807) is 19.1 Å². The van der Waals surface area contributed by atoms with Gasteiger partial charge in [0.25, 0.3) is 5.91 Å². The van der Waals surface area contributed by atoms with Gasteiger partial charge < -0.3 is 16.2 Å². The van der Waals surface area contributed by atoms with Gasteiger partial charge in [0.15, 0.2) is 0 Å². The van der Waals surface area contributed by atoms with Gasteiger partial charge >= 0.3 is 5.97 Å². The quantitative estimate of drug-likeness (QED) is 0.685. The van der Waals surface area contributed by atoms with Crippen LogP contribution in [0.15, 0.2) is 24.3 Å². The number of hydrogen-bond donors (Lipinski definition) is 3. The van der Waals surface area contributed by atoms with Crippen LogP contribution in [-0.4, -0.2) is 30.1 Å². The number of carboxylic acid groups (broad SMARTS) is 1. The molecule has 0 fully saturated rings. The number of carboxylic acids is 1. The molecule has 0 saturated carbocycles. The Labute approximate surface area is 112 Å². The Morgan fingerprint density at radius 3 is 2.68 bits per heavy atom. The monoisotopic (exact) mass is 264 g/mol. The molecule has 19 heavy (non-hydrogen) atoms. The standard InChI is InChI=1S/C14H20N2O3/c1-10(14(18)19)7-9-16-13(17)12-5-3-2-4-11(12)6-8-15/h2-5,10H,6-9,15H2,1H3,(H,16,17)(H,18,19). The average Bonchev–Trinajstić information content (AvgIpc) is 2.39. The molecule has 1 aromatic rings. The second kappa shape index (κ2) is 7.53. The molecule has 104 valence electrons. The number of carbonyl (C=O) groups is 2. The molecule has 0 radical (unpaired) electrons. The van der Waals surface area contributed by atoms with Gasteiger partial charge in [0.1, 0.15) is 0 Å². The molecule has 0 saturated heterocycles. The summed E-state index contributed by atoms with van der Waals surface area (Å²) in [7, 11) is 0. The fraction of sp³-hybridized carbons (Fsp3) is 0.429. The van der Waals surface area contributed by atoms with Crippen LogP contribution in [0.1, 0.15) is 29.3 Å². The molecule has 1 rings (SSSR count). The van der Waals surface area contributed by atoms with Gasteiger partial charge in [-0.1, -0.05) is 25.1 Å². The number of rotatable bonds is 7. The molecule has 0 bridgehead atoms.